The van der Waals surface area contributed by atoms with E-state index in [1.165, 1.54) is 11.1 Å². The third kappa shape index (κ3) is 5.89. The van der Waals surface area contributed by atoms with Crippen LogP contribution < -0.4 is 15.4 Å². The van der Waals surface area contributed by atoms with Crippen molar-refractivity contribution in [3.8, 4) is 5.75 Å². The molecule has 0 saturated heterocycles. The second-order valence-electron chi connectivity index (χ2n) is 4.24. The highest BCUT2D eigenvalue weighted by atomic mass is 32.1. The van der Waals surface area contributed by atoms with Crippen LogP contribution in [0.3, 0.4) is 0 Å². The van der Waals surface area contributed by atoms with Gasteiger partial charge < -0.3 is 20.1 Å². The smallest absolute Gasteiger partial charge is 0.166 e. The third-order valence-electron chi connectivity index (χ3n) is 2.71. The first-order valence-electron chi connectivity index (χ1n) is 6.31. The number of aryl methyl sites for hydroxylation is 1. The van der Waals surface area contributed by atoms with Crippen molar-refractivity contribution < 1.29 is 9.47 Å². The molecule has 4 nitrogen and oxygen atoms in total. The molecule has 0 aliphatic carbocycles. The zero-order valence-corrected chi connectivity index (χ0v) is 12.6. The molecule has 0 bridgehead atoms. The highest BCUT2D eigenvalue weighted by molar-refractivity contribution is 7.80. The molecule has 0 aliphatic heterocycles. The molecule has 0 radical (unpaired) electrons. The number of methoxy groups -OCH3 is 2. The van der Waals surface area contributed by atoms with Gasteiger partial charge in [0.05, 0.1) is 13.7 Å². The summed E-state index contributed by atoms with van der Waals surface area (Å²) in [5.41, 5.74) is 2.42. The van der Waals surface area contributed by atoms with E-state index >= 15 is 0 Å². The van der Waals surface area contributed by atoms with Gasteiger partial charge in [0, 0.05) is 20.2 Å². The third-order valence-corrected chi connectivity index (χ3v) is 3.00. The summed E-state index contributed by atoms with van der Waals surface area (Å²) in [5.74, 6) is 0.922. The first-order chi connectivity index (χ1) is 9.17. The van der Waals surface area contributed by atoms with E-state index in [0.29, 0.717) is 11.7 Å². The fraction of sp³-hybridized carbons (Fsp3) is 0.500. The maximum Gasteiger partial charge on any atom is 0.166 e. The van der Waals surface area contributed by atoms with Gasteiger partial charge in [-0.05, 0) is 37.2 Å². The van der Waals surface area contributed by atoms with Gasteiger partial charge in [-0.1, -0.05) is 17.7 Å². The summed E-state index contributed by atoms with van der Waals surface area (Å²) in [7, 11) is 3.36. The van der Waals surface area contributed by atoms with Crippen molar-refractivity contribution in [2.24, 2.45) is 0 Å². The zero-order chi connectivity index (χ0) is 14.1. The Bertz CT molecular complexity index is 410. The Morgan fingerprint density at radius 3 is 2.63 bits per heavy atom. The molecule has 0 amide bonds. The van der Waals surface area contributed by atoms with Gasteiger partial charge in [-0.15, -0.1) is 0 Å². The van der Waals surface area contributed by atoms with Crippen molar-refractivity contribution >= 4 is 17.3 Å². The van der Waals surface area contributed by atoms with Gasteiger partial charge >= 0.3 is 0 Å². The summed E-state index contributed by atoms with van der Waals surface area (Å²) < 4.78 is 10.3. The van der Waals surface area contributed by atoms with Gasteiger partial charge in [0.15, 0.2) is 5.11 Å². The van der Waals surface area contributed by atoms with Gasteiger partial charge in [-0.2, -0.15) is 0 Å². The summed E-state index contributed by atoms with van der Waals surface area (Å²) in [4.78, 5) is 0. The van der Waals surface area contributed by atoms with Gasteiger partial charge in [0.1, 0.15) is 5.75 Å². The van der Waals surface area contributed by atoms with Crippen LogP contribution in [-0.2, 0) is 11.2 Å². The Balaban J connectivity index is 2.36. The highest BCUT2D eigenvalue weighted by Gasteiger charge is 2.03. The van der Waals surface area contributed by atoms with Crippen molar-refractivity contribution in [1.29, 1.82) is 0 Å². The number of rotatable bonds is 7. The number of nitrogens with one attached hydrogen (secondary N) is 2. The monoisotopic (exact) mass is 282 g/mol. The van der Waals surface area contributed by atoms with Crippen LogP contribution in [0.2, 0.25) is 0 Å². The number of ether oxygens (including phenoxy) is 2. The Hall–Kier alpha value is -1.33. The first-order valence-corrected chi connectivity index (χ1v) is 6.72. The lowest BCUT2D eigenvalue weighted by molar-refractivity contribution is 0.204. The van der Waals surface area contributed by atoms with Crippen molar-refractivity contribution in [2.45, 2.75) is 13.3 Å². The largest absolute Gasteiger partial charge is 0.496 e. The van der Waals surface area contributed by atoms with Gasteiger partial charge in [-0.3, -0.25) is 0 Å². The molecule has 0 spiro atoms. The molecule has 2 N–H and O–H groups in total. The fourth-order valence-electron chi connectivity index (χ4n) is 1.74. The number of thiocarbonyl (C=S) groups is 1. The molecule has 19 heavy (non-hydrogen) atoms. The van der Waals surface area contributed by atoms with Crippen molar-refractivity contribution in [3.63, 3.8) is 0 Å². The highest BCUT2D eigenvalue weighted by Crippen LogP contribution is 2.19. The molecule has 1 aromatic rings. The van der Waals surface area contributed by atoms with E-state index in [1.807, 2.05) is 12.1 Å². The van der Waals surface area contributed by atoms with Crippen LogP contribution in [0.5, 0.6) is 5.75 Å². The molecular weight excluding hydrogens is 260 g/mol. The number of hydrogen-bond donors (Lipinski definition) is 2. The average molecular weight is 282 g/mol. The van der Waals surface area contributed by atoms with Crippen LogP contribution in [-0.4, -0.2) is 39.0 Å². The molecule has 0 unspecified atom stereocenters. The number of hydrogen-bond acceptors (Lipinski definition) is 3. The minimum Gasteiger partial charge on any atom is -0.496 e. The lowest BCUT2D eigenvalue weighted by atomic mass is 10.1. The van der Waals surface area contributed by atoms with Crippen LogP contribution in [0, 0.1) is 6.92 Å². The SMILES string of the molecule is COCCNC(=S)NCCc1cc(C)ccc1OC. The minimum absolute atomic E-state index is 0.646. The molecule has 0 aromatic heterocycles. The second kappa shape index (κ2) is 8.72. The zero-order valence-electron chi connectivity index (χ0n) is 11.8. The molecule has 0 fully saturated rings. The van der Waals surface area contributed by atoms with Gasteiger partial charge in [0.25, 0.3) is 0 Å². The molecule has 0 aliphatic rings. The van der Waals surface area contributed by atoms with Crippen LogP contribution in [0.25, 0.3) is 0 Å². The molecule has 0 saturated carbocycles. The van der Waals surface area contributed by atoms with E-state index in [0.717, 1.165) is 25.3 Å². The van der Waals surface area contributed by atoms with E-state index in [2.05, 4.69) is 23.6 Å². The van der Waals surface area contributed by atoms with Crippen LogP contribution >= 0.6 is 12.2 Å². The van der Waals surface area contributed by atoms with Crippen LogP contribution in [0.15, 0.2) is 18.2 Å². The van der Waals surface area contributed by atoms with Gasteiger partial charge in [0.2, 0.25) is 0 Å². The van der Waals surface area contributed by atoms with Crippen molar-refractivity contribution in [1.82, 2.24) is 10.6 Å². The van der Waals surface area contributed by atoms with Crippen molar-refractivity contribution in [2.75, 3.05) is 33.9 Å². The molecule has 106 valence electrons. The predicted octanol–water partition coefficient (Wildman–Crippen LogP) is 1.66. The van der Waals surface area contributed by atoms with E-state index in [9.17, 15) is 0 Å². The summed E-state index contributed by atoms with van der Waals surface area (Å²) >= 11 is 5.16. The first kappa shape index (κ1) is 15.7. The lowest BCUT2D eigenvalue weighted by Gasteiger charge is -2.12. The second-order valence-corrected chi connectivity index (χ2v) is 4.65. The molecule has 0 atom stereocenters. The van der Waals surface area contributed by atoms with Gasteiger partial charge in [-0.25, -0.2) is 0 Å². The molecule has 0 heterocycles. The van der Waals surface area contributed by atoms with E-state index < -0.39 is 0 Å². The van der Waals surface area contributed by atoms with Crippen LogP contribution in [0.1, 0.15) is 11.1 Å². The standard InChI is InChI=1S/C14H22N2O2S/c1-11-4-5-13(18-3)12(10-11)6-7-15-14(19)16-8-9-17-2/h4-5,10H,6-9H2,1-3H3,(H2,15,16,19). The topological polar surface area (TPSA) is 42.5 Å². The Kier molecular flexibility index (Phi) is 7.22. The quantitative estimate of drug-likeness (QED) is 0.588. The maximum absolute atomic E-state index is 5.34. The Morgan fingerprint density at radius 2 is 1.95 bits per heavy atom. The van der Waals surface area contributed by atoms with Crippen molar-refractivity contribution in [3.05, 3.63) is 29.3 Å². The summed E-state index contributed by atoms with van der Waals surface area (Å²) in [6.07, 6.45) is 0.872. The molecular formula is C14H22N2O2S. The van der Waals surface area contributed by atoms with Crippen LogP contribution in [0.4, 0.5) is 0 Å². The fourth-order valence-corrected chi connectivity index (χ4v) is 1.95. The average Bonchev–Trinajstić information content (AvgIpc) is 2.39. The number of benzene rings is 1. The molecule has 5 heteroatoms. The normalized spacial score (nSPS) is 10.1. The summed E-state index contributed by atoms with van der Waals surface area (Å²) in [6, 6.07) is 6.19. The minimum atomic E-state index is 0.646. The Labute approximate surface area is 120 Å². The van der Waals surface area contributed by atoms with E-state index in [-0.39, 0.29) is 0 Å². The maximum atomic E-state index is 5.34. The molecule has 1 aromatic carbocycles. The van der Waals surface area contributed by atoms with E-state index in [1.54, 1.807) is 14.2 Å². The predicted molar refractivity (Wildman–Crippen MR) is 81.9 cm³/mol. The summed E-state index contributed by atoms with van der Waals surface area (Å²) in [6.45, 7) is 4.22. The van der Waals surface area contributed by atoms with E-state index in [4.69, 9.17) is 21.7 Å². The molecule has 1 rings (SSSR count). The Morgan fingerprint density at radius 1 is 1.21 bits per heavy atom. The summed E-state index contributed by atoms with van der Waals surface area (Å²) in [5, 5.41) is 6.90. The lowest BCUT2D eigenvalue weighted by Crippen LogP contribution is -2.37.